The number of morpholine rings is 1. The van der Waals surface area contributed by atoms with E-state index in [0.717, 1.165) is 18.8 Å². The van der Waals surface area contributed by atoms with E-state index in [1.165, 1.54) is 0 Å². The van der Waals surface area contributed by atoms with Crippen LogP contribution in [0.1, 0.15) is 10.4 Å². The number of ether oxygens (including phenoxy) is 1. The summed E-state index contributed by atoms with van der Waals surface area (Å²) in [7, 11) is 0. The van der Waals surface area contributed by atoms with Gasteiger partial charge in [0.25, 0.3) is 0 Å². The number of para-hydroxylation sites is 1. The van der Waals surface area contributed by atoms with Gasteiger partial charge in [-0.3, -0.25) is 0 Å². The lowest BCUT2D eigenvalue weighted by atomic mass is 10.1. The second-order valence-electron chi connectivity index (χ2n) is 3.42. The van der Waals surface area contributed by atoms with Crippen LogP contribution in [0.5, 0.6) is 0 Å². The smallest absolute Gasteiger partial charge is 0.337 e. The van der Waals surface area contributed by atoms with Crippen molar-refractivity contribution in [2.45, 2.75) is 0 Å². The molecule has 16 heavy (non-hydrogen) atoms. The van der Waals surface area contributed by atoms with Crippen molar-refractivity contribution in [3.05, 3.63) is 29.8 Å². The third-order valence-electron chi connectivity index (χ3n) is 2.49. The molecule has 0 saturated carbocycles. The molecule has 1 heterocycles. The molecule has 2 rings (SSSR count). The number of hydrogen-bond acceptors (Lipinski definition) is 3. The Morgan fingerprint density at radius 3 is 2.50 bits per heavy atom. The van der Waals surface area contributed by atoms with E-state index in [0.29, 0.717) is 18.8 Å². The molecular weight excluding hydrogens is 230 g/mol. The van der Waals surface area contributed by atoms with Gasteiger partial charge < -0.3 is 14.7 Å². The third kappa shape index (κ3) is 2.65. The number of rotatable bonds is 2. The Morgan fingerprint density at radius 2 is 1.88 bits per heavy atom. The topological polar surface area (TPSA) is 49.8 Å². The van der Waals surface area contributed by atoms with Crippen LogP contribution in [0.3, 0.4) is 0 Å². The van der Waals surface area contributed by atoms with Gasteiger partial charge in [0, 0.05) is 13.1 Å². The number of carbonyl (C=O) groups is 1. The fourth-order valence-corrected chi connectivity index (χ4v) is 1.73. The number of nitrogens with zero attached hydrogens (tertiary/aromatic N) is 1. The molecule has 1 N–H and O–H groups in total. The van der Waals surface area contributed by atoms with E-state index in [2.05, 4.69) is 0 Å². The summed E-state index contributed by atoms with van der Waals surface area (Å²) >= 11 is 0. The predicted molar refractivity (Wildman–Crippen MR) is 63.7 cm³/mol. The first-order valence-electron chi connectivity index (χ1n) is 4.94. The number of anilines is 1. The van der Waals surface area contributed by atoms with Gasteiger partial charge in [0.05, 0.1) is 24.5 Å². The number of carboxylic acid groups (broad SMARTS) is 1. The van der Waals surface area contributed by atoms with Crippen LogP contribution in [0.4, 0.5) is 5.69 Å². The lowest BCUT2D eigenvalue weighted by molar-refractivity contribution is 0.0696. The van der Waals surface area contributed by atoms with Crippen LogP contribution in [-0.4, -0.2) is 37.4 Å². The summed E-state index contributed by atoms with van der Waals surface area (Å²) in [4.78, 5) is 13.1. The predicted octanol–water partition coefficient (Wildman–Crippen LogP) is 1.64. The van der Waals surface area contributed by atoms with Crippen LogP contribution in [-0.2, 0) is 4.74 Å². The van der Waals surface area contributed by atoms with E-state index in [1.807, 2.05) is 17.0 Å². The van der Waals surface area contributed by atoms with Crippen molar-refractivity contribution in [2.75, 3.05) is 31.2 Å². The molecule has 1 aromatic carbocycles. The van der Waals surface area contributed by atoms with Crippen LogP contribution >= 0.6 is 12.4 Å². The quantitative estimate of drug-likeness (QED) is 0.858. The fourth-order valence-electron chi connectivity index (χ4n) is 1.73. The summed E-state index contributed by atoms with van der Waals surface area (Å²) in [5, 5.41) is 9.04. The number of halogens is 1. The molecular formula is C11H14ClNO3. The molecule has 0 amide bonds. The molecule has 0 bridgehead atoms. The molecule has 4 nitrogen and oxygen atoms in total. The molecule has 1 aromatic rings. The average molecular weight is 244 g/mol. The van der Waals surface area contributed by atoms with Crippen molar-refractivity contribution < 1.29 is 14.6 Å². The summed E-state index contributed by atoms with van der Waals surface area (Å²) in [5.74, 6) is -0.878. The second kappa shape index (κ2) is 5.72. The largest absolute Gasteiger partial charge is 0.478 e. The maximum atomic E-state index is 11.0. The summed E-state index contributed by atoms with van der Waals surface area (Å²) in [5.41, 5.74) is 1.15. The zero-order valence-electron chi connectivity index (χ0n) is 8.76. The molecule has 1 saturated heterocycles. The summed E-state index contributed by atoms with van der Waals surface area (Å²) in [6, 6.07) is 7.08. The molecule has 0 aliphatic carbocycles. The zero-order valence-corrected chi connectivity index (χ0v) is 9.57. The third-order valence-corrected chi connectivity index (χ3v) is 2.49. The van der Waals surface area contributed by atoms with Gasteiger partial charge >= 0.3 is 5.97 Å². The Bertz CT molecular complexity index is 364. The summed E-state index contributed by atoms with van der Waals surface area (Å²) in [6.45, 7) is 2.83. The van der Waals surface area contributed by atoms with E-state index in [-0.39, 0.29) is 12.4 Å². The monoisotopic (exact) mass is 243 g/mol. The second-order valence-corrected chi connectivity index (χ2v) is 3.42. The highest BCUT2D eigenvalue weighted by Crippen LogP contribution is 2.21. The molecule has 88 valence electrons. The lowest BCUT2D eigenvalue weighted by Crippen LogP contribution is -2.37. The molecule has 1 aliphatic rings. The highest BCUT2D eigenvalue weighted by atomic mass is 35.5. The van der Waals surface area contributed by atoms with Crippen molar-refractivity contribution >= 4 is 24.1 Å². The fraction of sp³-hybridized carbons (Fsp3) is 0.364. The van der Waals surface area contributed by atoms with Gasteiger partial charge in [-0.15, -0.1) is 12.4 Å². The van der Waals surface area contributed by atoms with Crippen LogP contribution in [0.2, 0.25) is 0 Å². The van der Waals surface area contributed by atoms with Crippen molar-refractivity contribution in [3.8, 4) is 0 Å². The van der Waals surface area contributed by atoms with E-state index >= 15 is 0 Å². The first-order valence-corrected chi connectivity index (χ1v) is 4.94. The van der Waals surface area contributed by atoms with Gasteiger partial charge in [-0.1, -0.05) is 12.1 Å². The Labute approximate surface area is 100 Å². The van der Waals surface area contributed by atoms with Gasteiger partial charge in [-0.2, -0.15) is 0 Å². The maximum Gasteiger partial charge on any atom is 0.337 e. The molecule has 1 fully saturated rings. The first kappa shape index (κ1) is 12.8. The molecule has 0 atom stereocenters. The SMILES string of the molecule is Cl.O=C(O)c1ccccc1N1CCOCC1. The van der Waals surface area contributed by atoms with E-state index in [9.17, 15) is 4.79 Å². The molecule has 0 spiro atoms. The molecule has 0 radical (unpaired) electrons. The molecule has 0 unspecified atom stereocenters. The number of carboxylic acids is 1. The first-order chi connectivity index (χ1) is 7.29. The standard InChI is InChI=1S/C11H13NO3.ClH/c13-11(14)9-3-1-2-4-10(9)12-5-7-15-8-6-12;/h1-4H,5-8H2,(H,13,14);1H. The van der Waals surface area contributed by atoms with Gasteiger partial charge in [0.2, 0.25) is 0 Å². The molecule has 0 aromatic heterocycles. The van der Waals surface area contributed by atoms with Crippen molar-refractivity contribution in [1.82, 2.24) is 0 Å². The number of aromatic carboxylic acids is 1. The van der Waals surface area contributed by atoms with Gasteiger partial charge in [-0.25, -0.2) is 4.79 Å². The van der Waals surface area contributed by atoms with Crippen LogP contribution in [0, 0.1) is 0 Å². The van der Waals surface area contributed by atoms with Crippen LogP contribution in [0.15, 0.2) is 24.3 Å². The highest BCUT2D eigenvalue weighted by Gasteiger charge is 2.17. The Morgan fingerprint density at radius 1 is 1.25 bits per heavy atom. The minimum Gasteiger partial charge on any atom is -0.478 e. The summed E-state index contributed by atoms with van der Waals surface area (Å²) < 4.78 is 5.23. The Balaban J connectivity index is 0.00000128. The van der Waals surface area contributed by atoms with Crippen molar-refractivity contribution in [1.29, 1.82) is 0 Å². The minimum atomic E-state index is -0.878. The van der Waals surface area contributed by atoms with Crippen molar-refractivity contribution in [3.63, 3.8) is 0 Å². The molecule has 1 aliphatic heterocycles. The zero-order chi connectivity index (χ0) is 10.7. The van der Waals surface area contributed by atoms with Gasteiger partial charge in [0.1, 0.15) is 0 Å². The average Bonchev–Trinajstić information content (AvgIpc) is 2.30. The lowest BCUT2D eigenvalue weighted by Gasteiger charge is -2.29. The maximum absolute atomic E-state index is 11.0. The number of benzene rings is 1. The van der Waals surface area contributed by atoms with Crippen molar-refractivity contribution in [2.24, 2.45) is 0 Å². The van der Waals surface area contributed by atoms with E-state index < -0.39 is 5.97 Å². The van der Waals surface area contributed by atoms with Crippen LogP contribution < -0.4 is 4.90 Å². The Kier molecular flexibility index (Phi) is 4.58. The van der Waals surface area contributed by atoms with Crippen LogP contribution in [0.25, 0.3) is 0 Å². The number of hydrogen-bond donors (Lipinski definition) is 1. The molecule has 5 heteroatoms. The summed E-state index contributed by atoms with van der Waals surface area (Å²) in [6.07, 6.45) is 0. The van der Waals surface area contributed by atoms with Gasteiger partial charge in [0.15, 0.2) is 0 Å². The highest BCUT2D eigenvalue weighted by molar-refractivity contribution is 5.94. The van der Waals surface area contributed by atoms with E-state index in [4.69, 9.17) is 9.84 Å². The minimum absolute atomic E-state index is 0. The normalized spacial score (nSPS) is 15.4. The van der Waals surface area contributed by atoms with E-state index in [1.54, 1.807) is 12.1 Å². The van der Waals surface area contributed by atoms with Gasteiger partial charge in [-0.05, 0) is 12.1 Å². The Hall–Kier alpha value is -1.26.